The van der Waals surface area contributed by atoms with E-state index in [0.717, 1.165) is 0 Å². The third-order valence-corrected chi connectivity index (χ3v) is 2.49. The van der Waals surface area contributed by atoms with Crippen LogP contribution in [-0.2, 0) is 0 Å². The molecule has 0 atom stereocenters. The van der Waals surface area contributed by atoms with Gasteiger partial charge in [0.15, 0.2) is 0 Å². The van der Waals surface area contributed by atoms with Crippen LogP contribution in [0.15, 0.2) is 42.5 Å². The van der Waals surface area contributed by atoms with E-state index in [0.29, 0.717) is 11.1 Å². The molecule has 18 heavy (non-hydrogen) atoms. The highest BCUT2D eigenvalue weighted by Gasteiger charge is 2.09. The zero-order chi connectivity index (χ0) is 12.4. The van der Waals surface area contributed by atoms with Crippen LogP contribution in [0.1, 0.15) is 10.4 Å². The SMILES string of the molecule is Cl.Nc1cccc(-c2cccc(C(=O)O)c2)c1O. The number of hydrogen-bond donors (Lipinski definition) is 3. The van der Waals surface area contributed by atoms with Gasteiger partial charge in [-0.25, -0.2) is 4.79 Å². The van der Waals surface area contributed by atoms with E-state index in [-0.39, 0.29) is 29.4 Å². The minimum Gasteiger partial charge on any atom is -0.505 e. The number of benzene rings is 2. The van der Waals surface area contributed by atoms with E-state index < -0.39 is 5.97 Å². The molecule has 0 bridgehead atoms. The van der Waals surface area contributed by atoms with Crippen LogP contribution in [0, 0.1) is 0 Å². The lowest BCUT2D eigenvalue weighted by Crippen LogP contribution is -1.96. The lowest BCUT2D eigenvalue weighted by molar-refractivity contribution is 0.0697. The number of aromatic hydroxyl groups is 1. The Morgan fingerprint density at radius 2 is 1.78 bits per heavy atom. The molecule has 2 rings (SSSR count). The Morgan fingerprint density at radius 3 is 2.44 bits per heavy atom. The molecule has 4 N–H and O–H groups in total. The first-order chi connectivity index (χ1) is 8.09. The number of phenolic OH excluding ortho intramolecular Hbond substituents is 1. The fourth-order valence-electron chi connectivity index (χ4n) is 1.61. The smallest absolute Gasteiger partial charge is 0.335 e. The van der Waals surface area contributed by atoms with Gasteiger partial charge >= 0.3 is 5.97 Å². The molecule has 0 unspecified atom stereocenters. The molecule has 0 aromatic heterocycles. The Hall–Kier alpha value is -2.20. The highest BCUT2D eigenvalue weighted by Crippen LogP contribution is 2.33. The van der Waals surface area contributed by atoms with Crippen molar-refractivity contribution >= 4 is 24.1 Å². The van der Waals surface area contributed by atoms with Crippen molar-refractivity contribution in [3.8, 4) is 16.9 Å². The van der Waals surface area contributed by atoms with Crippen LogP contribution in [0.3, 0.4) is 0 Å². The molecule has 0 aliphatic carbocycles. The predicted molar refractivity (Wildman–Crippen MR) is 72.2 cm³/mol. The minimum atomic E-state index is -1.00. The summed E-state index contributed by atoms with van der Waals surface area (Å²) in [5.41, 5.74) is 7.17. The van der Waals surface area contributed by atoms with Crippen LogP contribution >= 0.6 is 12.4 Å². The van der Waals surface area contributed by atoms with Crippen molar-refractivity contribution in [3.05, 3.63) is 48.0 Å². The number of rotatable bonds is 2. The molecule has 0 saturated carbocycles. The Morgan fingerprint density at radius 1 is 1.11 bits per heavy atom. The topological polar surface area (TPSA) is 83.6 Å². The van der Waals surface area contributed by atoms with Gasteiger partial charge in [-0.05, 0) is 23.8 Å². The quantitative estimate of drug-likeness (QED) is 0.576. The van der Waals surface area contributed by atoms with Crippen molar-refractivity contribution in [2.24, 2.45) is 0 Å². The predicted octanol–water partition coefficient (Wildman–Crippen LogP) is 2.76. The molecule has 0 saturated heterocycles. The van der Waals surface area contributed by atoms with E-state index >= 15 is 0 Å². The molecule has 94 valence electrons. The highest BCUT2D eigenvalue weighted by molar-refractivity contribution is 5.90. The van der Waals surface area contributed by atoms with Crippen molar-refractivity contribution in [1.82, 2.24) is 0 Å². The number of nitrogen functional groups attached to an aromatic ring is 1. The second-order valence-electron chi connectivity index (χ2n) is 3.63. The van der Waals surface area contributed by atoms with Crippen LogP contribution in [-0.4, -0.2) is 16.2 Å². The lowest BCUT2D eigenvalue weighted by atomic mass is 10.0. The van der Waals surface area contributed by atoms with Gasteiger partial charge in [-0.15, -0.1) is 12.4 Å². The molecule has 2 aromatic rings. The van der Waals surface area contributed by atoms with Gasteiger partial charge in [-0.3, -0.25) is 0 Å². The summed E-state index contributed by atoms with van der Waals surface area (Å²) in [4.78, 5) is 10.8. The molecular formula is C13H12ClNO3. The summed E-state index contributed by atoms with van der Waals surface area (Å²) in [5.74, 6) is -1.04. The van der Waals surface area contributed by atoms with E-state index in [9.17, 15) is 9.90 Å². The van der Waals surface area contributed by atoms with E-state index in [1.165, 1.54) is 12.1 Å². The zero-order valence-electron chi connectivity index (χ0n) is 9.33. The van der Waals surface area contributed by atoms with E-state index in [1.54, 1.807) is 30.3 Å². The molecule has 2 aromatic carbocycles. The number of aromatic carboxylic acids is 1. The summed E-state index contributed by atoms with van der Waals surface area (Å²) < 4.78 is 0. The first kappa shape index (κ1) is 13.9. The largest absolute Gasteiger partial charge is 0.505 e. The van der Waals surface area contributed by atoms with Crippen LogP contribution in [0.4, 0.5) is 5.69 Å². The number of anilines is 1. The maximum Gasteiger partial charge on any atom is 0.335 e. The lowest BCUT2D eigenvalue weighted by Gasteiger charge is -2.07. The van der Waals surface area contributed by atoms with Gasteiger partial charge in [-0.1, -0.05) is 24.3 Å². The van der Waals surface area contributed by atoms with Gasteiger partial charge in [0.05, 0.1) is 11.3 Å². The summed E-state index contributed by atoms with van der Waals surface area (Å²) in [5, 5.41) is 18.7. The molecule has 0 spiro atoms. The molecule has 0 fully saturated rings. The Balaban J connectivity index is 0.00000162. The van der Waals surface area contributed by atoms with Gasteiger partial charge in [-0.2, -0.15) is 0 Å². The molecule has 5 heteroatoms. The van der Waals surface area contributed by atoms with Crippen molar-refractivity contribution < 1.29 is 15.0 Å². The molecule has 0 aliphatic heterocycles. The third-order valence-electron chi connectivity index (χ3n) is 2.49. The zero-order valence-corrected chi connectivity index (χ0v) is 10.1. The average molecular weight is 266 g/mol. The van der Waals surface area contributed by atoms with Crippen molar-refractivity contribution in [2.75, 3.05) is 5.73 Å². The van der Waals surface area contributed by atoms with Crippen molar-refractivity contribution in [1.29, 1.82) is 0 Å². The first-order valence-corrected chi connectivity index (χ1v) is 5.01. The molecule has 0 aliphatic rings. The maximum absolute atomic E-state index is 10.8. The Kier molecular flexibility index (Phi) is 4.18. The van der Waals surface area contributed by atoms with E-state index in [1.807, 2.05) is 0 Å². The number of halogens is 1. The van der Waals surface area contributed by atoms with E-state index in [4.69, 9.17) is 10.8 Å². The number of para-hydroxylation sites is 1. The number of nitrogens with two attached hydrogens (primary N) is 1. The monoisotopic (exact) mass is 265 g/mol. The maximum atomic E-state index is 10.8. The van der Waals surface area contributed by atoms with Crippen molar-refractivity contribution in [2.45, 2.75) is 0 Å². The van der Waals surface area contributed by atoms with Crippen LogP contribution in [0.25, 0.3) is 11.1 Å². The van der Waals surface area contributed by atoms with Crippen molar-refractivity contribution in [3.63, 3.8) is 0 Å². The summed E-state index contributed by atoms with van der Waals surface area (Å²) in [7, 11) is 0. The Labute approximate surface area is 110 Å². The van der Waals surface area contributed by atoms with Gasteiger partial charge in [0.2, 0.25) is 0 Å². The molecule has 0 heterocycles. The van der Waals surface area contributed by atoms with E-state index in [2.05, 4.69) is 0 Å². The summed E-state index contributed by atoms with van der Waals surface area (Å²) >= 11 is 0. The second-order valence-corrected chi connectivity index (χ2v) is 3.63. The molecule has 0 amide bonds. The number of carbonyl (C=O) groups is 1. The number of carboxylic acid groups (broad SMARTS) is 1. The summed E-state index contributed by atoms with van der Waals surface area (Å²) in [6.07, 6.45) is 0. The second kappa shape index (κ2) is 5.42. The number of hydrogen-bond acceptors (Lipinski definition) is 3. The highest BCUT2D eigenvalue weighted by atomic mass is 35.5. The fraction of sp³-hybridized carbons (Fsp3) is 0. The fourth-order valence-corrected chi connectivity index (χ4v) is 1.61. The number of carboxylic acids is 1. The third kappa shape index (κ3) is 2.55. The van der Waals surface area contributed by atoms with Gasteiger partial charge in [0.25, 0.3) is 0 Å². The molecule has 0 radical (unpaired) electrons. The van der Waals surface area contributed by atoms with Crippen LogP contribution < -0.4 is 5.73 Å². The van der Waals surface area contributed by atoms with Gasteiger partial charge < -0.3 is 15.9 Å². The molecule has 4 nitrogen and oxygen atoms in total. The number of phenols is 1. The molecular weight excluding hydrogens is 254 g/mol. The van der Waals surface area contributed by atoms with Gasteiger partial charge in [0.1, 0.15) is 5.75 Å². The Bertz CT molecular complexity index is 584. The normalized spacial score (nSPS) is 9.56. The minimum absolute atomic E-state index is 0. The van der Waals surface area contributed by atoms with Crippen LogP contribution in [0.2, 0.25) is 0 Å². The standard InChI is InChI=1S/C13H11NO3.ClH/c14-11-6-2-5-10(12(11)15)8-3-1-4-9(7-8)13(16)17;/h1-7,15H,14H2,(H,16,17);1H. The summed E-state index contributed by atoms with van der Waals surface area (Å²) in [6, 6.07) is 11.3. The average Bonchev–Trinajstić information content (AvgIpc) is 2.33. The summed E-state index contributed by atoms with van der Waals surface area (Å²) in [6.45, 7) is 0. The van der Waals surface area contributed by atoms with Crippen LogP contribution in [0.5, 0.6) is 5.75 Å². The first-order valence-electron chi connectivity index (χ1n) is 5.01. The van der Waals surface area contributed by atoms with Gasteiger partial charge in [0, 0.05) is 5.56 Å².